The quantitative estimate of drug-likeness (QED) is 0.816. The van der Waals surface area contributed by atoms with Gasteiger partial charge in [0.05, 0.1) is 11.6 Å². The number of rotatable bonds is 5. The van der Waals surface area contributed by atoms with E-state index in [9.17, 15) is 8.78 Å². The summed E-state index contributed by atoms with van der Waals surface area (Å²) in [5, 5.41) is 3.32. The molecule has 0 saturated heterocycles. The van der Waals surface area contributed by atoms with E-state index in [0.717, 1.165) is 31.7 Å². The molecule has 118 valence electrons. The van der Waals surface area contributed by atoms with Crippen LogP contribution in [-0.4, -0.2) is 19.3 Å². The van der Waals surface area contributed by atoms with Gasteiger partial charge in [0.15, 0.2) is 0 Å². The van der Waals surface area contributed by atoms with Crippen LogP contribution in [0.5, 0.6) is 0 Å². The van der Waals surface area contributed by atoms with Crippen LogP contribution in [0.1, 0.15) is 57.1 Å². The highest BCUT2D eigenvalue weighted by Crippen LogP contribution is 2.41. The first-order valence-corrected chi connectivity index (χ1v) is 7.86. The molecule has 0 heterocycles. The Hall–Kier alpha value is -1.00. The van der Waals surface area contributed by atoms with Crippen LogP contribution in [-0.2, 0) is 4.74 Å². The lowest BCUT2D eigenvalue weighted by Crippen LogP contribution is -2.45. The van der Waals surface area contributed by atoms with Crippen LogP contribution >= 0.6 is 0 Å². The van der Waals surface area contributed by atoms with E-state index in [1.807, 2.05) is 6.92 Å². The van der Waals surface area contributed by atoms with Gasteiger partial charge in [-0.1, -0.05) is 32.6 Å². The summed E-state index contributed by atoms with van der Waals surface area (Å²) in [6.45, 7) is 2.66. The second-order valence-electron chi connectivity index (χ2n) is 5.84. The van der Waals surface area contributed by atoms with Crippen molar-refractivity contribution in [3.05, 3.63) is 35.4 Å². The number of hydrogen-bond acceptors (Lipinski definition) is 2. The van der Waals surface area contributed by atoms with Gasteiger partial charge in [-0.15, -0.1) is 0 Å². The zero-order valence-electron chi connectivity index (χ0n) is 12.9. The van der Waals surface area contributed by atoms with E-state index in [0.29, 0.717) is 12.1 Å². The predicted octanol–water partition coefficient (Wildman–Crippen LogP) is 4.35. The summed E-state index contributed by atoms with van der Waals surface area (Å²) >= 11 is 0. The lowest BCUT2D eigenvalue weighted by Gasteiger charge is -2.40. The van der Waals surface area contributed by atoms with E-state index >= 15 is 0 Å². The third kappa shape index (κ3) is 3.61. The molecular formula is C17H25F2NO. The van der Waals surface area contributed by atoms with Crippen LogP contribution in [0.3, 0.4) is 0 Å². The number of methoxy groups -OCH3 is 1. The molecule has 1 saturated carbocycles. The molecule has 1 aromatic carbocycles. The lowest BCUT2D eigenvalue weighted by atomic mass is 9.81. The van der Waals surface area contributed by atoms with Crippen LogP contribution in [0.2, 0.25) is 0 Å². The van der Waals surface area contributed by atoms with E-state index < -0.39 is 11.4 Å². The Morgan fingerprint density at radius 2 is 1.86 bits per heavy atom. The van der Waals surface area contributed by atoms with Crippen molar-refractivity contribution >= 4 is 0 Å². The Balaban J connectivity index is 2.41. The first-order valence-electron chi connectivity index (χ1n) is 7.86. The molecule has 1 fully saturated rings. The highest BCUT2D eigenvalue weighted by Gasteiger charge is 2.41. The second-order valence-corrected chi connectivity index (χ2v) is 5.84. The Morgan fingerprint density at radius 3 is 2.43 bits per heavy atom. The van der Waals surface area contributed by atoms with Crippen LogP contribution in [0, 0.1) is 11.6 Å². The molecule has 1 N–H and O–H groups in total. The van der Waals surface area contributed by atoms with Crippen molar-refractivity contribution in [1.29, 1.82) is 0 Å². The molecule has 1 aromatic rings. The molecule has 21 heavy (non-hydrogen) atoms. The molecule has 0 aromatic heterocycles. The third-order valence-corrected chi connectivity index (χ3v) is 4.56. The molecule has 0 aliphatic heterocycles. The monoisotopic (exact) mass is 297 g/mol. The lowest BCUT2D eigenvalue weighted by molar-refractivity contribution is -0.0545. The van der Waals surface area contributed by atoms with Gasteiger partial charge in [0.1, 0.15) is 11.6 Å². The molecule has 1 aliphatic carbocycles. The van der Waals surface area contributed by atoms with E-state index in [-0.39, 0.29) is 11.9 Å². The highest BCUT2D eigenvalue weighted by molar-refractivity contribution is 5.25. The molecular weight excluding hydrogens is 272 g/mol. The van der Waals surface area contributed by atoms with Gasteiger partial charge >= 0.3 is 0 Å². The van der Waals surface area contributed by atoms with Crippen molar-refractivity contribution in [2.24, 2.45) is 0 Å². The largest absolute Gasteiger partial charge is 0.376 e. The topological polar surface area (TPSA) is 21.3 Å². The average Bonchev–Trinajstić information content (AvgIpc) is 2.74. The number of hydrogen-bond donors (Lipinski definition) is 1. The van der Waals surface area contributed by atoms with Crippen molar-refractivity contribution in [2.45, 2.75) is 57.1 Å². The maximum Gasteiger partial charge on any atom is 0.128 e. The fourth-order valence-electron chi connectivity index (χ4n) is 3.46. The first kappa shape index (κ1) is 16.4. The molecule has 1 aliphatic rings. The Morgan fingerprint density at radius 1 is 1.19 bits per heavy atom. The molecule has 0 radical (unpaired) electrons. The van der Waals surface area contributed by atoms with Gasteiger partial charge in [-0.05, 0) is 37.6 Å². The van der Waals surface area contributed by atoms with Crippen LogP contribution < -0.4 is 5.32 Å². The highest BCUT2D eigenvalue weighted by atomic mass is 19.1. The van der Waals surface area contributed by atoms with Gasteiger partial charge in [0.25, 0.3) is 0 Å². The summed E-state index contributed by atoms with van der Waals surface area (Å²) in [4.78, 5) is 0. The molecule has 1 atom stereocenters. The smallest absolute Gasteiger partial charge is 0.128 e. The standard InChI is InChI=1S/C17H25F2NO/c1-3-20-16(14-12-13(18)8-9-15(14)19)17(21-2)10-6-4-5-7-11-17/h8-9,12,16,20H,3-7,10-11H2,1-2H3. The zero-order valence-corrected chi connectivity index (χ0v) is 12.9. The summed E-state index contributed by atoms with van der Waals surface area (Å²) in [5.74, 6) is -0.780. The summed E-state index contributed by atoms with van der Waals surface area (Å²) in [5.41, 5.74) is -0.0816. The van der Waals surface area contributed by atoms with E-state index in [4.69, 9.17) is 4.74 Å². The SMILES string of the molecule is CCNC(c1cc(F)ccc1F)C1(OC)CCCCCC1. The summed E-state index contributed by atoms with van der Waals surface area (Å²) in [6, 6.07) is 3.35. The van der Waals surface area contributed by atoms with Crippen molar-refractivity contribution in [3.8, 4) is 0 Å². The molecule has 4 heteroatoms. The van der Waals surface area contributed by atoms with E-state index in [2.05, 4.69) is 5.32 Å². The molecule has 2 nitrogen and oxygen atoms in total. The summed E-state index contributed by atoms with van der Waals surface area (Å²) in [6.07, 6.45) is 6.22. The minimum absolute atomic E-state index is 0.318. The average molecular weight is 297 g/mol. The Kier molecular flexibility index (Phi) is 5.71. The van der Waals surface area contributed by atoms with Crippen LogP contribution in [0.25, 0.3) is 0 Å². The molecule has 2 rings (SSSR count). The van der Waals surface area contributed by atoms with Crippen LogP contribution in [0.4, 0.5) is 8.78 Å². The normalized spacial score (nSPS) is 20.0. The minimum Gasteiger partial charge on any atom is -0.376 e. The van der Waals surface area contributed by atoms with Gasteiger partial charge in [-0.3, -0.25) is 0 Å². The van der Waals surface area contributed by atoms with Crippen molar-refractivity contribution in [3.63, 3.8) is 0 Å². The summed E-state index contributed by atoms with van der Waals surface area (Å²) in [7, 11) is 1.69. The number of likely N-dealkylation sites (N-methyl/N-ethyl adjacent to an activating group) is 1. The van der Waals surface area contributed by atoms with E-state index in [1.54, 1.807) is 7.11 Å². The second kappa shape index (κ2) is 7.32. The predicted molar refractivity (Wildman–Crippen MR) is 80.2 cm³/mol. The van der Waals surface area contributed by atoms with Gasteiger partial charge in [0, 0.05) is 12.7 Å². The molecule has 0 spiro atoms. The van der Waals surface area contributed by atoms with Crippen molar-refractivity contribution in [1.82, 2.24) is 5.32 Å². The number of benzene rings is 1. The van der Waals surface area contributed by atoms with Gasteiger partial charge in [0.2, 0.25) is 0 Å². The number of ether oxygens (including phenoxy) is 1. The minimum atomic E-state index is -0.457. The van der Waals surface area contributed by atoms with Gasteiger partial charge < -0.3 is 10.1 Å². The number of nitrogens with one attached hydrogen (secondary N) is 1. The first-order chi connectivity index (χ1) is 10.1. The fourth-order valence-corrected chi connectivity index (χ4v) is 3.46. The maximum atomic E-state index is 14.2. The van der Waals surface area contributed by atoms with Crippen molar-refractivity contribution in [2.75, 3.05) is 13.7 Å². The number of halogens is 2. The maximum absolute atomic E-state index is 14.2. The molecule has 0 bridgehead atoms. The Bertz CT molecular complexity index is 456. The summed E-state index contributed by atoms with van der Waals surface area (Å²) < 4.78 is 33.7. The van der Waals surface area contributed by atoms with Crippen molar-refractivity contribution < 1.29 is 13.5 Å². The van der Waals surface area contributed by atoms with E-state index in [1.165, 1.54) is 25.0 Å². The van der Waals surface area contributed by atoms with Gasteiger partial charge in [-0.2, -0.15) is 0 Å². The van der Waals surface area contributed by atoms with Gasteiger partial charge in [-0.25, -0.2) is 8.78 Å². The molecule has 0 amide bonds. The van der Waals surface area contributed by atoms with Crippen LogP contribution in [0.15, 0.2) is 18.2 Å². The Labute approximate surface area is 125 Å². The zero-order chi connectivity index (χ0) is 15.3. The third-order valence-electron chi connectivity index (χ3n) is 4.56. The molecule has 1 unspecified atom stereocenters. The fraction of sp³-hybridized carbons (Fsp3) is 0.647.